The Morgan fingerprint density at radius 1 is 0.520 bits per heavy atom. The fourth-order valence-electron chi connectivity index (χ4n) is 6.65. The van der Waals surface area contributed by atoms with Gasteiger partial charge >= 0.3 is 11.9 Å². The van der Waals surface area contributed by atoms with E-state index in [9.17, 15) is 14.7 Å². The van der Waals surface area contributed by atoms with Crippen LogP contribution in [0, 0.1) is 0 Å². The first kappa shape index (κ1) is 48.6. The fraction of sp³-hybridized carbons (Fsp3) is 0.909. The molecule has 0 aromatic heterocycles. The lowest BCUT2D eigenvalue weighted by Crippen LogP contribution is -2.29. The van der Waals surface area contributed by atoms with Crippen molar-refractivity contribution in [2.45, 2.75) is 226 Å². The highest BCUT2D eigenvalue weighted by molar-refractivity contribution is 5.69. The number of aliphatic hydroxyl groups excluding tert-OH is 1. The van der Waals surface area contributed by atoms with Gasteiger partial charge in [0, 0.05) is 19.4 Å². The molecule has 0 atom stereocenters. The van der Waals surface area contributed by atoms with E-state index in [2.05, 4.69) is 31.7 Å². The molecule has 6 nitrogen and oxygen atoms in total. The van der Waals surface area contributed by atoms with Crippen molar-refractivity contribution < 1.29 is 24.2 Å². The lowest BCUT2D eigenvalue weighted by molar-refractivity contribution is -0.150. The summed E-state index contributed by atoms with van der Waals surface area (Å²) in [6, 6.07) is 0. The quantitative estimate of drug-likeness (QED) is 0.0388. The predicted molar refractivity (Wildman–Crippen MR) is 214 cm³/mol. The van der Waals surface area contributed by atoms with E-state index in [1.54, 1.807) is 0 Å². The first-order chi connectivity index (χ1) is 24.6. The van der Waals surface area contributed by atoms with Gasteiger partial charge in [0.1, 0.15) is 12.7 Å². The number of hydrogen-bond acceptors (Lipinski definition) is 6. The summed E-state index contributed by atoms with van der Waals surface area (Å²) in [7, 11) is 0. The van der Waals surface area contributed by atoms with Gasteiger partial charge in [-0.15, -0.1) is 0 Å². The van der Waals surface area contributed by atoms with Gasteiger partial charge in [0.15, 0.2) is 0 Å². The minimum Gasteiger partial charge on any atom is -0.462 e. The molecule has 0 unspecified atom stereocenters. The van der Waals surface area contributed by atoms with Crippen LogP contribution in [-0.2, 0) is 19.1 Å². The third-order valence-corrected chi connectivity index (χ3v) is 9.92. The first-order valence-corrected chi connectivity index (χ1v) is 21.9. The van der Waals surface area contributed by atoms with Gasteiger partial charge in [0.25, 0.3) is 0 Å². The monoisotopic (exact) mass is 708 g/mol. The van der Waals surface area contributed by atoms with Gasteiger partial charge in [-0.3, -0.25) is 9.59 Å². The van der Waals surface area contributed by atoms with E-state index < -0.39 is 0 Å². The van der Waals surface area contributed by atoms with E-state index >= 15 is 0 Å². The molecule has 0 rings (SSSR count). The van der Waals surface area contributed by atoms with Crippen molar-refractivity contribution >= 4 is 11.9 Å². The molecular formula is C44H85NO5. The van der Waals surface area contributed by atoms with E-state index in [1.165, 1.54) is 109 Å². The SMILES string of the molecule is CCCCCC/C=C\COC(=O)CCCCCCCN(CCO)CCCCCCCC(=O)OC(CCCCCCCC)CCCCCCCC. The molecule has 0 aromatic carbocycles. The van der Waals surface area contributed by atoms with E-state index in [0.29, 0.717) is 19.4 Å². The van der Waals surface area contributed by atoms with E-state index in [-0.39, 0.29) is 24.6 Å². The smallest absolute Gasteiger partial charge is 0.306 e. The molecule has 50 heavy (non-hydrogen) atoms. The van der Waals surface area contributed by atoms with Crippen LogP contribution in [0.3, 0.4) is 0 Å². The standard InChI is InChI=1S/C44H85NO5/c1-4-7-10-13-16-25-32-41-49-43(47)35-28-21-17-23-30-37-45(39-40-46)38-31-24-18-22-29-36-44(48)50-42(33-26-19-14-11-8-5-2)34-27-20-15-12-9-6-3/h25,32,42,46H,4-24,26-31,33-41H2,1-3H3/b32-25-. The van der Waals surface area contributed by atoms with Crippen LogP contribution >= 0.6 is 0 Å². The van der Waals surface area contributed by atoms with Crippen molar-refractivity contribution in [1.29, 1.82) is 0 Å². The number of allylic oxidation sites excluding steroid dienone is 1. The Morgan fingerprint density at radius 2 is 0.960 bits per heavy atom. The fourth-order valence-corrected chi connectivity index (χ4v) is 6.65. The molecule has 0 amide bonds. The molecule has 0 aromatic rings. The molecule has 0 aliphatic rings. The summed E-state index contributed by atoms with van der Waals surface area (Å²) < 4.78 is 11.3. The third kappa shape index (κ3) is 36.4. The average molecular weight is 708 g/mol. The summed E-state index contributed by atoms with van der Waals surface area (Å²) in [5.74, 6) is -0.0711. The average Bonchev–Trinajstić information content (AvgIpc) is 3.11. The van der Waals surface area contributed by atoms with Crippen molar-refractivity contribution in [3.05, 3.63) is 12.2 Å². The summed E-state index contributed by atoms with van der Waals surface area (Å²) in [6.45, 7) is 10.1. The van der Waals surface area contributed by atoms with Crippen LogP contribution in [0.5, 0.6) is 0 Å². The maximum Gasteiger partial charge on any atom is 0.306 e. The van der Waals surface area contributed by atoms with Crippen molar-refractivity contribution in [2.75, 3.05) is 32.8 Å². The normalized spacial score (nSPS) is 11.7. The van der Waals surface area contributed by atoms with E-state index in [0.717, 1.165) is 96.7 Å². The zero-order chi connectivity index (χ0) is 36.6. The highest BCUT2D eigenvalue weighted by Gasteiger charge is 2.14. The first-order valence-electron chi connectivity index (χ1n) is 21.9. The lowest BCUT2D eigenvalue weighted by Gasteiger charge is -2.21. The van der Waals surface area contributed by atoms with Gasteiger partial charge < -0.3 is 19.5 Å². The maximum atomic E-state index is 12.7. The summed E-state index contributed by atoms with van der Waals surface area (Å²) in [6.07, 6.45) is 39.7. The largest absolute Gasteiger partial charge is 0.462 e. The molecule has 1 N–H and O–H groups in total. The molecule has 0 heterocycles. The molecular weight excluding hydrogens is 622 g/mol. The summed E-state index contributed by atoms with van der Waals surface area (Å²) >= 11 is 0. The Kier molecular flexibility index (Phi) is 39.2. The molecule has 6 heteroatoms. The molecule has 0 fully saturated rings. The molecule has 0 aliphatic heterocycles. The van der Waals surface area contributed by atoms with Crippen molar-refractivity contribution in [1.82, 2.24) is 4.90 Å². The maximum absolute atomic E-state index is 12.7. The second kappa shape index (κ2) is 40.4. The predicted octanol–water partition coefficient (Wildman–Crippen LogP) is 12.4. The molecule has 296 valence electrons. The lowest BCUT2D eigenvalue weighted by atomic mass is 10.0. The van der Waals surface area contributed by atoms with Gasteiger partial charge in [0.2, 0.25) is 0 Å². The second-order valence-corrected chi connectivity index (χ2v) is 14.8. The highest BCUT2D eigenvalue weighted by Crippen LogP contribution is 2.18. The Bertz CT molecular complexity index is 726. The third-order valence-electron chi connectivity index (χ3n) is 9.92. The van der Waals surface area contributed by atoms with Gasteiger partial charge in [0.05, 0.1) is 6.61 Å². The van der Waals surface area contributed by atoms with Crippen LogP contribution in [-0.4, -0.2) is 60.9 Å². The Balaban J connectivity index is 3.97. The number of aliphatic hydroxyl groups is 1. The number of carbonyl (C=O) groups is 2. The number of ether oxygens (including phenoxy) is 2. The van der Waals surface area contributed by atoms with Crippen LogP contribution in [0.4, 0.5) is 0 Å². The zero-order valence-corrected chi connectivity index (χ0v) is 33.7. The number of unbranched alkanes of at least 4 members (excludes halogenated alkanes) is 22. The summed E-state index contributed by atoms with van der Waals surface area (Å²) in [4.78, 5) is 27.0. The summed E-state index contributed by atoms with van der Waals surface area (Å²) in [5, 5.41) is 9.53. The minimum atomic E-state index is -0.0825. The Hall–Kier alpha value is -1.40. The molecule has 0 saturated heterocycles. The van der Waals surface area contributed by atoms with Crippen LogP contribution in [0.2, 0.25) is 0 Å². The van der Waals surface area contributed by atoms with E-state index in [1.807, 2.05) is 6.08 Å². The molecule has 0 aliphatic carbocycles. The Labute approximate surface area is 311 Å². The van der Waals surface area contributed by atoms with Crippen LogP contribution in [0.15, 0.2) is 12.2 Å². The number of rotatable bonds is 40. The van der Waals surface area contributed by atoms with Gasteiger partial charge in [-0.05, 0) is 77.3 Å². The minimum absolute atomic E-state index is 0.0113. The number of carbonyl (C=O) groups excluding carboxylic acids is 2. The zero-order valence-electron chi connectivity index (χ0n) is 33.7. The molecule has 0 spiro atoms. The van der Waals surface area contributed by atoms with Crippen molar-refractivity contribution in [2.24, 2.45) is 0 Å². The summed E-state index contributed by atoms with van der Waals surface area (Å²) in [5.41, 5.74) is 0. The van der Waals surface area contributed by atoms with Crippen LogP contribution < -0.4 is 0 Å². The Morgan fingerprint density at radius 3 is 1.48 bits per heavy atom. The topological polar surface area (TPSA) is 76.1 Å². The second-order valence-electron chi connectivity index (χ2n) is 14.8. The van der Waals surface area contributed by atoms with Gasteiger partial charge in [-0.1, -0.05) is 155 Å². The number of nitrogens with zero attached hydrogens (tertiary/aromatic N) is 1. The van der Waals surface area contributed by atoms with Gasteiger partial charge in [-0.2, -0.15) is 0 Å². The van der Waals surface area contributed by atoms with Crippen LogP contribution in [0.25, 0.3) is 0 Å². The van der Waals surface area contributed by atoms with Crippen molar-refractivity contribution in [3.63, 3.8) is 0 Å². The number of esters is 2. The number of hydrogen-bond donors (Lipinski definition) is 1. The molecule has 0 saturated carbocycles. The molecule has 0 bridgehead atoms. The van der Waals surface area contributed by atoms with Crippen LogP contribution in [0.1, 0.15) is 220 Å². The highest BCUT2D eigenvalue weighted by atomic mass is 16.5. The van der Waals surface area contributed by atoms with Crippen molar-refractivity contribution in [3.8, 4) is 0 Å². The van der Waals surface area contributed by atoms with E-state index in [4.69, 9.17) is 9.47 Å². The molecule has 0 radical (unpaired) electrons. The van der Waals surface area contributed by atoms with Gasteiger partial charge in [-0.25, -0.2) is 0 Å².